The minimum atomic E-state index is -4.84. The number of ketones is 1. The molecule has 2 aromatic carbocycles. The molecule has 0 bridgehead atoms. The highest BCUT2D eigenvalue weighted by Gasteiger charge is 2.31. The van der Waals surface area contributed by atoms with Crippen LogP contribution in [0.4, 0.5) is 26.3 Å². The average molecular weight is 366 g/mol. The van der Waals surface area contributed by atoms with Gasteiger partial charge in [-0.25, -0.2) is 0 Å². The molecule has 0 spiro atoms. The maximum absolute atomic E-state index is 12.2. The zero-order chi connectivity index (χ0) is 18.0. The fourth-order valence-corrected chi connectivity index (χ4v) is 2.32. The summed E-state index contributed by atoms with van der Waals surface area (Å²) in [4.78, 5) is 12.1. The maximum atomic E-state index is 12.2. The second-order valence-electron chi connectivity index (χ2n) is 4.47. The molecule has 0 aliphatic carbocycles. The van der Waals surface area contributed by atoms with Gasteiger partial charge >= 0.3 is 11.9 Å². The van der Waals surface area contributed by atoms with E-state index in [4.69, 9.17) is 0 Å². The van der Waals surface area contributed by atoms with Crippen LogP contribution in [0.15, 0.2) is 53.4 Å². The Balaban J connectivity index is 2.11. The Kier molecular flexibility index (Phi) is 5.12. The number of benzene rings is 2. The van der Waals surface area contributed by atoms with Crippen molar-refractivity contribution in [1.29, 1.82) is 0 Å². The van der Waals surface area contributed by atoms with Crippen LogP contribution in [0.3, 0.4) is 0 Å². The van der Waals surface area contributed by atoms with Gasteiger partial charge in [0.1, 0.15) is 5.75 Å². The molecule has 0 fully saturated rings. The fraction of sp³-hybridized carbons (Fsp3) is 0.133. The van der Waals surface area contributed by atoms with Crippen molar-refractivity contribution < 1.29 is 35.9 Å². The summed E-state index contributed by atoms with van der Waals surface area (Å²) >= 11 is -0.310. The number of hydrogen-bond acceptors (Lipinski definition) is 3. The number of alkyl halides is 6. The predicted molar refractivity (Wildman–Crippen MR) is 74.9 cm³/mol. The molecule has 2 aromatic rings. The third-order valence-electron chi connectivity index (χ3n) is 2.70. The summed E-state index contributed by atoms with van der Waals surface area (Å²) in [7, 11) is 0. The highest BCUT2D eigenvalue weighted by Crippen LogP contribution is 2.36. The van der Waals surface area contributed by atoms with Crippen molar-refractivity contribution in [3.8, 4) is 5.75 Å². The SMILES string of the molecule is O=C(c1ccc(OC(F)(F)F)cc1)c1ccc(SC(F)(F)F)cc1. The molecule has 0 heterocycles. The molecule has 2 rings (SSSR count). The van der Waals surface area contributed by atoms with Crippen LogP contribution in [0.25, 0.3) is 0 Å². The Morgan fingerprint density at radius 3 is 1.67 bits per heavy atom. The smallest absolute Gasteiger partial charge is 0.406 e. The molecular formula is C15H8F6O2S. The predicted octanol–water partition coefficient (Wildman–Crippen LogP) is 5.43. The number of rotatable bonds is 4. The lowest BCUT2D eigenvalue weighted by Gasteiger charge is -2.09. The molecule has 128 valence electrons. The van der Waals surface area contributed by atoms with Crippen LogP contribution >= 0.6 is 11.8 Å². The molecule has 9 heteroatoms. The van der Waals surface area contributed by atoms with Crippen molar-refractivity contribution >= 4 is 17.5 Å². The Labute approximate surface area is 136 Å². The summed E-state index contributed by atoms with van der Waals surface area (Å²) in [6, 6.07) is 8.97. The van der Waals surface area contributed by atoms with Crippen LogP contribution in [0, 0.1) is 0 Å². The highest BCUT2D eigenvalue weighted by molar-refractivity contribution is 8.00. The number of carbonyl (C=O) groups is 1. The number of halogens is 6. The summed E-state index contributed by atoms with van der Waals surface area (Å²) in [6.07, 6.45) is -4.84. The fourth-order valence-electron chi connectivity index (χ4n) is 1.78. The normalized spacial score (nSPS) is 12.1. The Hall–Kier alpha value is -2.16. The Bertz CT molecular complexity index is 643. The van der Waals surface area contributed by atoms with Crippen molar-refractivity contribution in [3.05, 3.63) is 59.7 Å². The van der Waals surface area contributed by atoms with Gasteiger partial charge in [-0.05, 0) is 60.3 Å². The maximum Gasteiger partial charge on any atom is 0.573 e. The summed E-state index contributed by atoms with van der Waals surface area (Å²) in [6.45, 7) is 0. The first-order valence-electron chi connectivity index (χ1n) is 6.30. The van der Waals surface area contributed by atoms with Crippen molar-refractivity contribution in [2.45, 2.75) is 16.8 Å². The second kappa shape index (κ2) is 6.76. The van der Waals surface area contributed by atoms with E-state index in [2.05, 4.69) is 4.74 Å². The summed E-state index contributed by atoms with van der Waals surface area (Å²) in [5.74, 6) is -1.01. The molecule has 0 unspecified atom stereocenters. The van der Waals surface area contributed by atoms with Crippen molar-refractivity contribution in [2.24, 2.45) is 0 Å². The molecule has 0 aromatic heterocycles. The third kappa shape index (κ3) is 5.48. The van der Waals surface area contributed by atoms with Gasteiger partial charge in [-0.1, -0.05) is 0 Å². The van der Waals surface area contributed by atoms with Gasteiger partial charge in [0.25, 0.3) is 0 Å². The van der Waals surface area contributed by atoms with Gasteiger partial charge < -0.3 is 4.74 Å². The molecule has 2 nitrogen and oxygen atoms in total. The summed E-state index contributed by atoms with van der Waals surface area (Å²) in [5.41, 5.74) is -4.23. The third-order valence-corrected chi connectivity index (χ3v) is 3.44. The highest BCUT2D eigenvalue weighted by atomic mass is 32.2. The van der Waals surface area contributed by atoms with E-state index < -0.39 is 23.4 Å². The van der Waals surface area contributed by atoms with Gasteiger partial charge in [0.15, 0.2) is 5.78 Å². The molecule has 24 heavy (non-hydrogen) atoms. The van der Waals surface area contributed by atoms with Gasteiger partial charge in [0.2, 0.25) is 0 Å². The average Bonchev–Trinajstić information content (AvgIpc) is 2.45. The lowest BCUT2D eigenvalue weighted by Crippen LogP contribution is -2.17. The standard InChI is InChI=1S/C15H8F6O2S/c16-14(17,18)23-11-5-1-9(2-6-11)13(22)10-3-7-12(8-4-10)24-15(19,20)21/h1-8H. The molecule has 0 aliphatic heterocycles. The first-order chi connectivity index (χ1) is 11.0. The van der Waals surface area contributed by atoms with Gasteiger partial charge in [0.05, 0.1) is 0 Å². The lowest BCUT2D eigenvalue weighted by atomic mass is 10.0. The van der Waals surface area contributed by atoms with Gasteiger partial charge in [-0.3, -0.25) is 4.79 Å². The van der Waals surface area contributed by atoms with Crippen LogP contribution in [0.2, 0.25) is 0 Å². The Morgan fingerprint density at radius 2 is 1.25 bits per heavy atom. The molecular weight excluding hydrogens is 358 g/mol. The second-order valence-corrected chi connectivity index (χ2v) is 5.61. The van der Waals surface area contributed by atoms with Crippen LogP contribution < -0.4 is 4.74 Å². The van der Waals surface area contributed by atoms with Crippen molar-refractivity contribution in [2.75, 3.05) is 0 Å². The molecule has 0 N–H and O–H groups in total. The van der Waals surface area contributed by atoms with E-state index >= 15 is 0 Å². The topological polar surface area (TPSA) is 26.3 Å². The molecule has 0 aliphatic rings. The lowest BCUT2D eigenvalue weighted by molar-refractivity contribution is -0.274. The van der Waals surface area contributed by atoms with Crippen molar-refractivity contribution in [1.82, 2.24) is 0 Å². The monoisotopic (exact) mass is 366 g/mol. The molecule has 0 saturated heterocycles. The first-order valence-corrected chi connectivity index (χ1v) is 7.11. The largest absolute Gasteiger partial charge is 0.573 e. The molecule has 0 amide bonds. The summed E-state index contributed by atoms with van der Waals surface area (Å²) in [5, 5.41) is 0. The Morgan fingerprint density at radius 1 is 0.792 bits per heavy atom. The zero-order valence-electron chi connectivity index (χ0n) is 11.6. The van der Waals surface area contributed by atoms with Gasteiger partial charge in [-0.2, -0.15) is 13.2 Å². The van der Waals surface area contributed by atoms with Crippen LogP contribution in [-0.2, 0) is 0 Å². The quantitative estimate of drug-likeness (QED) is 0.410. The number of hydrogen-bond donors (Lipinski definition) is 0. The minimum absolute atomic E-state index is 0.0759. The zero-order valence-corrected chi connectivity index (χ0v) is 12.4. The van der Waals surface area contributed by atoms with Crippen LogP contribution in [-0.4, -0.2) is 17.7 Å². The van der Waals surface area contributed by atoms with E-state index in [0.717, 1.165) is 36.4 Å². The van der Waals surface area contributed by atoms with Gasteiger partial charge in [-0.15, -0.1) is 13.2 Å². The number of carbonyl (C=O) groups excluding carboxylic acids is 1. The van der Waals surface area contributed by atoms with Crippen molar-refractivity contribution in [3.63, 3.8) is 0 Å². The molecule has 0 radical (unpaired) electrons. The molecule has 0 atom stereocenters. The first kappa shape index (κ1) is 18.2. The van der Waals surface area contributed by atoms with E-state index in [-0.39, 0.29) is 27.8 Å². The van der Waals surface area contributed by atoms with E-state index in [1.165, 1.54) is 12.1 Å². The van der Waals surface area contributed by atoms with Crippen LogP contribution in [0.5, 0.6) is 5.75 Å². The summed E-state index contributed by atoms with van der Waals surface area (Å²) < 4.78 is 76.5. The van der Waals surface area contributed by atoms with E-state index in [0.29, 0.717) is 0 Å². The van der Waals surface area contributed by atoms with Gasteiger partial charge in [0, 0.05) is 16.0 Å². The van der Waals surface area contributed by atoms with E-state index in [1.807, 2.05) is 0 Å². The van der Waals surface area contributed by atoms with E-state index in [9.17, 15) is 31.1 Å². The van der Waals surface area contributed by atoms with E-state index in [1.54, 1.807) is 0 Å². The molecule has 0 saturated carbocycles. The number of thioether (sulfide) groups is 1. The minimum Gasteiger partial charge on any atom is -0.406 e. The van der Waals surface area contributed by atoms with Crippen LogP contribution in [0.1, 0.15) is 15.9 Å². The number of ether oxygens (including phenoxy) is 1.